The highest BCUT2D eigenvalue weighted by atomic mass is 16.5. The summed E-state index contributed by atoms with van der Waals surface area (Å²) >= 11 is 0. The molecule has 0 radical (unpaired) electrons. The van der Waals surface area contributed by atoms with Crippen molar-refractivity contribution < 1.29 is 4.74 Å². The lowest BCUT2D eigenvalue weighted by Gasteiger charge is -2.04. The molecule has 2 aromatic rings. The lowest BCUT2D eigenvalue weighted by Crippen LogP contribution is -2.01. The van der Waals surface area contributed by atoms with Gasteiger partial charge in [0.05, 0.1) is 12.8 Å². The van der Waals surface area contributed by atoms with Gasteiger partial charge in [-0.3, -0.25) is 0 Å². The zero-order chi connectivity index (χ0) is 10.7. The van der Waals surface area contributed by atoms with E-state index in [0.717, 1.165) is 23.7 Å². The largest absolute Gasteiger partial charge is 0.497 e. The first kappa shape index (κ1) is 9.64. The predicted molar refractivity (Wildman–Crippen MR) is 55.1 cm³/mol. The second-order valence-corrected chi connectivity index (χ2v) is 3.06. The molecule has 1 aromatic carbocycles. The van der Waals surface area contributed by atoms with Gasteiger partial charge in [0.2, 0.25) is 0 Å². The summed E-state index contributed by atoms with van der Waals surface area (Å²) in [4.78, 5) is 0. The van der Waals surface area contributed by atoms with Crippen molar-refractivity contribution in [2.24, 2.45) is 0 Å². The van der Waals surface area contributed by atoms with E-state index in [1.807, 2.05) is 31.2 Å². The Balaban J connectivity index is 2.37. The monoisotopic (exact) mass is 204 g/mol. The highest BCUT2D eigenvalue weighted by molar-refractivity contribution is 5.36. The van der Waals surface area contributed by atoms with E-state index in [9.17, 15) is 0 Å². The molecule has 5 heteroatoms. The van der Waals surface area contributed by atoms with E-state index in [4.69, 9.17) is 4.74 Å². The highest BCUT2D eigenvalue weighted by Crippen LogP contribution is 2.14. The van der Waals surface area contributed by atoms with Gasteiger partial charge >= 0.3 is 0 Å². The minimum atomic E-state index is 0.805. The first-order chi connectivity index (χ1) is 7.35. The Labute approximate surface area is 87.7 Å². The van der Waals surface area contributed by atoms with Crippen LogP contribution in [0.15, 0.2) is 24.3 Å². The fourth-order valence-electron chi connectivity index (χ4n) is 1.35. The van der Waals surface area contributed by atoms with Crippen molar-refractivity contribution in [3.05, 3.63) is 30.1 Å². The molecule has 0 unspecified atom stereocenters. The molecule has 5 nitrogen and oxygen atoms in total. The molecule has 0 spiro atoms. The van der Waals surface area contributed by atoms with E-state index >= 15 is 0 Å². The quantitative estimate of drug-likeness (QED) is 0.754. The van der Waals surface area contributed by atoms with E-state index in [1.165, 1.54) is 0 Å². The van der Waals surface area contributed by atoms with E-state index < -0.39 is 0 Å². The molecule has 0 atom stereocenters. The van der Waals surface area contributed by atoms with Crippen molar-refractivity contribution in [1.29, 1.82) is 0 Å². The van der Waals surface area contributed by atoms with E-state index in [1.54, 1.807) is 11.8 Å². The number of aryl methyl sites for hydroxylation is 1. The van der Waals surface area contributed by atoms with Crippen LogP contribution in [0, 0.1) is 0 Å². The number of methoxy groups -OCH3 is 1. The Bertz CT molecular complexity index is 435. The van der Waals surface area contributed by atoms with E-state index in [-0.39, 0.29) is 0 Å². The van der Waals surface area contributed by atoms with Gasteiger partial charge in [0.1, 0.15) is 5.75 Å². The fourth-order valence-corrected chi connectivity index (χ4v) is 1.35. The molecule has 2 rings (SSSR count). The van der Waals surface area contributed by atoms with Crippen molar-refractivity contribution >= 4 is 0 Å². The lowest BCUT2D eigenvalue weighted by atomic mass is 10.3. The summed E-state index contributed by atoms with van der Waals surface area (Å²) in [6.07, 6.45) is 0.805. The second kappa shape index (κ2) is 4.08. The molecule has 0 aliphatic carbocycles. The summed E-state index contributed by atoms with van der Waals surface area (Å²) in [6.45, 7) is 2.02. The van der Waals surface area contributed by atoms with Gasteiger partial charge < -0.3 is 4.74 Å². The summed E-state index contributed by atoms with van der Waals surface area (Å²) in [7, 11) is 1.64. The number of hydrogen-bond acceptors (Lipinski definition) is 4. The SMILES string of the molecule is CCc1nnnn1-c1ccc(OC)cc1. The van der Waals surface area contributed by atoms with E-state index in [2.05, 4.69) is 15.5 Å². The Morgan fingerprint density at radius 1 is 1.27 bits per heavy atom. The van der Waals surface area contributed by atoms with Gasteiger partial charge in [-0.05, 0) is 34.7 Å². The maximum Gasteiger partial charge on any atom is 0.156 e. The van der Waals surface area contributed by atoms with E-state index in [0.29, 0.717) is 0 Å². The average molecular weight is 204 g/mol. The van der Waals surface area contributed by atoms with Crippen LogP contribution in [-0.2, 0) is 6.42 Å². The number of nitrogens with zero attached hydrogens (tertiary/aromatic N) is 4. The third-order valence-electron chi connectivity index (χ3n) is 2.17. The van der Waals surface area contributed by atoms with Crippen molar-refractivity contribution in [3.63, 3.8) is 0 Å². The highest BCUT2D eigenvalue weighted by Gasteiger charge is 2.05. The summed E-state index contributed by atoms with van der Waals surface area (Å²) in [5.74, 6) is 1.67. The van der Waals surface area contributed by atoms with Gasteiger partial charge in [-0.1, -0.05) is 6.92 Å². The van der Waals surface area contributed by atoms with Crippen LogP contribution in [0.2, 0.25) is 0 Å². The number of hydrogen-bond donors (Lipinski definition) is 0. The molecule has 0 amide bonds. The van der Waals surface area contributed by atoms with Gasteiger partial charge in [0.25, 0.3) is 0 Å². The predicted octanol–water partition coefficient (Wildman–Crippen LogP) is 1.23. The molecule has 78 valence electrons. The van der Waals surface area contributed by atoms with Gasteiger partial charge in [-0.2, -0.15) is 4.68 Å². The molecule has 0 saturated carbocycles. The molecular formula is C10H12N4O. The molecule has 0 bridgehead atoms. The Morgan fingerprint density at radius 2 is 2.00 bits per heavy atom. The number of ether oxygens (including phenoxy) is 1. The van der Waals surface area contributed by atoms with Crippen LogP contribution in [0.1, 0.15) is 12.7 Å². The molecule has 1 aromatic heterocycles. The van der Waals surface area contributed by atoms with Crippen LogP contribution in [0.4, 0.5) is 0 Å². The van der Waals surface area contributed by atoms with Crippen molar-refractivity contribution in [2.75, 3.05) is 7.11 Å². The maximum atomic E-state index is 5.08. The van der Waals surface area contributed by atoms with Crippen LogP contribution >= 0.6 is 0 Å². The number of aromatic nitrogens is 4. The fraction of sp³-hybridized carbons (Fsp3) is 0.300. The Kier molecular flexibility index (Phi) is 2.62. The van der Waals surface area contributed by atoms with Crippen LogP contribution in [0.5, 0.6) is 5.75 Å². The summed E-state index contributed by atoms with van der Waals surface area (Å²) in [5.41, 5.74) is 0.942. The number of tetrazole rings is 1. The molecule has 15 heavy (non-hydrogen) atoms. The molecule has 0 saturated heterocycles. The molecular weight excluding hydrogens is 192 g/mol. The normalized spacial score (nSPS) is 10.3. The third-order valence-corrected chi connectivity index (χ3v) is 2.17. The third kappa shape index (κ3) is 1.81. The first-order valence-electron chi connectivity index (χ1n) is 4.77. The Hall–Kier alpha value is -1.91. The lowest BCUT2D eigenvalue weighted by molar-refractivity contribution is 0.414. The molecule has 1 heterocycles. The summed E-state index contributed by atoms with van der Waals surface area (Å²) < 4.78 is 6.80. The van der Waals surface area contributed by atoms with Crippen molar-refractivity contribution in [2.45, 2.75) is 13.3 Å². The van der Waals surface area contributed by atoms with Crippen molar-refractivity contribution in [3.8, 4) is 11.4 Å². The van der Waals surface area contributed by atoms with Crippen LogP contribution in [0.3, 0.4) is 0 Å². The molecule has 0 N–H and O–H groups in total. The Morgan fingerprint density at radius 3 is 2.60 bits per heavy atom. The van der Waals surface area contributed by atoms with Crippen LogP contribution in [-0.4, -0.2) is 27.3 Å². The smallest absolute Gasteiger partial charge is 0.156 e. The number of rotatable bonds is 3. The van der Waals surface area contributed by atoms with Gasteiger partial charge in [-0.15, -0.1) is 5.10 Å². The summed E-state index contributed by atoms with van der Waals surface area (Å²) in [6, 6.07) is 7.62. The van der Waals surface area contributed by atoms with Gasteiger partial charge in [0.15, 0.2) is 5.82 Å². The van der Waals surface area contributed by atoms with Gasteiger partial charge in [0, 0.05) is 6.42 Å². The zero-order valence-electron chi connectivity index (χ0n) is 8.71. The topological polar surface area (TPSA) is 52.8 Å². The van der Waals surface area contributed by atoms with Crippen molar-refractivity contribution in [1.82, 2.24) is 20.2 Å². The average Bonchev–Trinajstić information content (AvgIpc) is 2.77. The van der Waals surface area contributed by atoms with Gasteiger partial charge in [-0.25, -0.2) is 0 Å². The molecule has 0 fully saturated rings. The molecule has 0 aliphatic heterocycles. The second-order valence-electron chi connectivity index (χ2n) is 3.06. The zero-order valence-corrected chi connectivity index (χ0v) is 8.71. The molecule has 0 aliphatic rings. The van der Waals surface area contributed by atoms with Crippen LogP contribution < -0.4 is 4.74 Å². The standard InChI is InChI=1S/C10H12N4O/c1-3-10-11-12-13-14(10)8-4-6-9(15-2)7-5-8/h4-7H,3H2,1-2H3. The minimum absolute atomic E-state index is 0.805. The number of benzene rings is 1. The maximum absolute atomic E-state index is 5.08. The summed E-state index contributed by atoms with van der Waals surface area (Å²) in [5, 5.41) is 11.5. The first-order valence-corrected chi connectivity index (χ1v) is 4.77. The minimum Gasteiger partial charge on any atom is -0.497 e. The van der Waals surface area contributed by atoms with Crippen LogP contribution in [0.25, 0.3) is 5.69 Å².